The summed E-state index contributed by atoms with van der Waals surface area (Å²) in [5, 5.41) is 5.41. The average Bonchev–Trinajstić information content (AvgIpc) is 2.54. The Hall–Kier alpha value is -2.28. The highest BCUT2D eigenvalue weighted by molar-refractivity contribution is 8.15. The van der Waals surface area contributed by atoms with E-state index in [0.717, 1.165) is 5.75 Å². The van der Waals surface area contributed by atoms with E-state index < -0.39 is 5.25 Å². The molecule has 0 bridgehead atoms. The first-order valence-corrected chi connectivity index (χ1v) is 8.16. The molecule has 0 aromatic heterocycles. The predicted octanol–water partition coefficient (Wildman–Crippen LogP) is 2.19. The van der Waals surface area contributed by atoms with Crippen LogP contribution in [0, 0.1) is 0 Å². The van der Waals surface area contributed by atoms with Crippen molar-refractivity contribution in [1.82, 2.24) is 5.32 Å². The molecular weight excluding hydrogens is 314 g/mol. The normalized spacial score (nSPS) is 19.1. The Balaban J connectivity index is 1.98. The minimum Gasteiger partial charge on any atom is -0.494 e. The van der Waals surface area contributed by atoms with Crippen molar-refractivity contribution in [2.24, 2.45) is 4.99 Å². The Kier molecular flexibility index (Phi) is 6.22. The van der Waals surface area contributed by atoms with E-state index in [9.17, 15) is 9.59 Å². The molecule has 1 saturated heterocycles. The van der Waals surface area contributed by atoms with Crippen molar-refractivity contribution >= 4 is 34.4 Å². The predicted molar refractivity (Wildman–Crippen MR) is 92.9 cm³/mol. The van der Waals surface area contributed by atoms with Crippen molar-refractivity contribution in [2.45, 2.75) is 18.6 Å². The molecule has 1 aromatic carbocycles. The number of nitrogens with zero attached hydrogens (tertiary/aromatic N) is 1. The fourth-order valence-corrected chi connectivity index (χ4v) is 2.93. The van der Waals surface area contributed by atoms with E-state index in [2.05, 4.69) is 22.2 Å². The van der Waals surface area contributed by atoms with Gasteiger partial charge >= 0.3 is 0 Å². The van der Waals surface area contributed by atoms with Crippen LogP contribution in [0.2, 0.25) is 0 Å². The molecule has 23 heavy (non-hydrogen) atoms. The van der Waals surface area contributed by atoms with Gasteiger partial charge in [0, 0.05) is 12.1 Å². The van der Waals surface area contributed by atoms with Gasteiger partial charge in [-0.15, -0.1) is 6.58 Å². The van der Waals surface area contributed by atoms with Crippen LogP contribution in [0.25, 0.3) is 0 Å². The lowest BCUT2D eigenvalue weighted by atomic mass is 10.2. The minimum absolute atomic E-state index is 0.126. The number of hydrogen-bond acceptors (Lipinski definition) is 5. The molecule has 0 spiro atoms. The van der Waals surface area contributed by atoms with Crippen molar-refractivity contribution in [3.8, 4) is 5.75 Å². The molecule has 6 nitrogen and oxygen atoms in total. The number of carbonyl (C=O) groups is 2. The smallest absolute Gasteiger partial charge is 0.238 e. The van der Waals surface area contributed by atoms with Crippen LogP contribution in [-0.2, 0) is 9.59 Å². The summed E-state index contributed by atoms with van der Waals surface area (Å²) < 4.78 is 5.35. The number of nitrogens with one attached hydrogen (secondary N) is 2. The van der Waals surface area contributed by atoms with Gasteiger partial charge in [-0.3, -0.25) is 14.6 Å². The maximum absolute atomic E-state index is 12.3. The van der Waals surface area contributed by atoms with Crippen LogP contribution in [-0.4, -0.2) is 35.4 Å². The molecule has 7 heteroatoms. The maximum Gasteiger partial charge on any atom is 0.238 e. The number of amides is 2. The number of aliphatic imine (C=N–C) groups is 1. The van der Waals surface area contributed by atoms with E-state index in [1.54, 1.807) is 30.3 Å². The maximum atomic E-state index is 12.3. The van der Waals surface area contributed by atoms with Gasteiger partial charge in [-0.25, -0.2) is 0 Å². The Labute approximate surface area is 139 Å². The van der Waals surface area contributed by atoms with Crippen molar-refractivity contribution in [1.29, 1.82) is 0 Å². The highest BCUT2D eigenvalue weighted by Crippen LogP contribution is 2.23. The molecule has 1 aromatic rings. The number of rotatable bonds is 6. The van der Waals surface area contributed by atoms with E-state index in [4.69, 9.17) is 4.74 Å². The third-order valence-corrected chi connectivity index (χ3v) is 4.08. The van der Waals surface area contributed by atoms with Crippen LogP contribution in [0.15, 0.2) is 41.9 Å². The van der Waals surface area contributed by atoms with Crippen molar-refractivity contribution in [3.05, 3.63) is 36.9 Å². The molecule has 122 valence electrons. The average molecular weight is 333 g/mol. The second-order valence-corrected chi connectivity index (χ2v) is 5.93. The number of hydrogen-bond donors (Lipinski definition) is 2. The van der Waals surface area contributed by atoms with E-state index >= 15 is 0 Å². The Bertz CT molecular complexity index is 614. The van der Waals surface area contributed by atoms with Crippen LogP contribution in [0.1, 0.15) is 13.3 Å². The Morgan fingerprint density at radius 3 is 2.91 bits per heavy atom. The number of carbonyl (C=O) groups excluding carboxylic acids is 2. The number of anilines is 1. The zero-order valence-electron chi connectivity index (χ0n) is 12.9. The SMILES string of the molecule is C=CCN=C1NC(=O)C[C@H](C(=O)Nc2ccc(OCC)cc2)S1. The van der Waals surface area contributed by atoms with E-state index in [1.165, 1.54) is 11.8 Å². The lowest BCUT2D eigenvalue weighted by Gasteiger charge is -2.22. The lowest BCUT2D eigenvalue weighted by molar-refractivity contribution is -0.123. The third kappa shape index (κ3) is 5.14. The Morgan fingerprint density at radius 2 is 2.26 bits per heavy atom. The number of thioether (sulfide) groups is 1. The number of amidine groups is 1. The quantitative estimate of drug-likeness (QED) is 0.782. The summed E-state index contributed by atoms with van der Waals surface area (Å²) in [5.41, 5.74) is 0.662. The summed E-state index contributed by atoms with van der Waals surface area (Å²) >= 11 is 1.25. The van der Waals surface area contributed by atoms with Gasteiger partial charge in [0.2, 0.25) is 11.8 Å². The molecule has 0 aliphatic carbocycles. The summed E-state index contributed by atoms with van der Waals surface area (Å²) in [6, 6.07) is 7.11. The van der Waals surface area contributed by atoms with Crippen molar-refractivity contribution < 1.29 is 14.3 Å². The molecule has 1 heterocycles. The summed E-state index contributed by atoms with van der Waals surface area (Å²) in [6.07, 6.45) is 1.75. The van der Waals surface area contributed by atoms with Gasteiger partial charge in [0.25, 0.3) is 0 Å². The highest BCUT2D eigenvalue weighted by atomic mass is 32.2. The topological polar surface area (TPSA) is 79.8 Å². The van der Waals surface area contributed by atoms with Gasteiger partial charge in [-0.05, 0) is 31.2 Å². The summed E-state index contributed by atoms with van der Waals surface area (Å²) in [7, 11) is 0. The van der Waals surface area contributed by atoms with Gasteiger partial charge in [0.1, 0.15) is 11.0 Å². The van der Waals surface area contributed by atoms with E-state index in [1.807, 2.05) is 6.92 Å². The second kappa shape index (κ2) is 8.38. The molecule has 1 fully saturated rings. The molecular formula is C16H19N3O3S. The number of benzene rings is 1. The van der Waals surface area contributed by atoms with E-state index in [-0.39, 0.29) is 18.2 Å². The molecule has 2 rings (SSSR count). The molecule has 1 aliphatic heterocycles. The molecule has 1 atom stereocenters. The summed E-state index contributed by atoms with van der Waals surface area (Å²) in [5.74, 6) is 0.314. The molecule has 0 saturated carbocycles. The first-order valence-electron chi connectivity index (χ1n) is 7.28. The van der Waals surface area contributed by atoms with Gasteiger partial charge in [-0.2, -0.15) is 0 Å². The van der Waals surface area contributed by atoms with Gasteiger partial charge < -0.3 is 15.4 Å². The summed E-state index contributed by atoms with van der Waals surface area (Å²) in [6.45, 7) is 6.47. The third-order valence-electron chi connectivity index (χ3n) is 2.96. The fourth-order valence-electron chi connectivity index (χ4n) is 1.94. The second-order valence-electron chi connectivity index (χ2n) is 4.74. The summed E-state index contributed by atoms with van der Waals surface area (Å²) in [4.78, 5) is 28.2. The van der Waals surface area contributed by atoms with Gasteiger partial charge in [0.05, 0.1) is 13.2 Å². The first kappa shape index (κ1) is 17.1. The zero-order chi connectivity index (χ0) is 16.7. The monoisotopic (exact) mass is 333 g/mol. The zero-order valence-corrected chi connectivity index (χ0v) is 13.7. The molecule has 2 N–H and O–H groups in total. The fraction of sp³-hybridized carbons (Fsp3) is 0.312. The largest absolute Gasteiger partial charge is 0.494 e. The molecule has 0 radical (unpaired) electrons. The molecule has 2 amide bonds. The first-order chi connectivity index (χ1) is 11.1. The van der Waals surface area contributed by atoms with Crippen LogP contribution in [0.4, 0.5) is 5.69 Å². The molecule has 1 aliphatic rings. The standard InChI is InChI=1S/C16H19N3O3S/c1-3-9-17-16-19-14(20)10-13(23-16)15(21)18-11-5-7-12(8-6-11)22-4-2/h3,5-8,13H,1,4,9-10H2,2H3,(H,18,21)(H,17,19,20)/t13-/m1/s1. The highest BCUT2D eigenvalue weighted by Gasteiger charge is 2.30. The van der Waals surface area contributed by atoms with Crippen LogP contribution >= 0.6 is 11.8 Å². The van der Waals surface area contributed by atoms with Crippen molar-refractivity contribution in [3.63, 3.8) is 0 Å². The van der Waals surface area contributed by atoms with Crippen molar-refractivity contribution in [2.75, 3.05) is 18.5 Å². The molecule has 0 unspecified atom stereocenters. The van der Waals surface area contributed by atoms with E-state index in [0.29, 0.717) is 24.0 Å². The minimum atomic E-state index is -0.501. The number of ether oxygens (including phenoxy) is 1. The van der Waals surface area contributed by atoms with Gasteiger partial charge in [-0.1, -0.05) is 17.8 Å². The van der Waals surface area contributed by atoms with Gasteiger partial charge in [0.15, 0.2) is 5.17 Å². The van der Waals surface area contributed by atoms with Crippen LogP contribution < -0.4 is 15.4 Å². The van der Waals surface area contributed by atoms with Crippen LogP contribution in [0.5, 0.6) is 5.75 Å². The van der Waals surface area contributed by atoms with Crippen LogP contribution in [0.3, 0.4) is 0 Å². The Morgan fingerprint density at radius 1 is 1.52 bits per heavy atom. The lowest BCUT2D eigenvalue weighted by Crippen LogP contribution is -2.42.